The van der Waals surface area contributed by atoms with E-state index in [9.17, 15) is 0 Å². The lowest BCUT2D eigenvalue weighted by molar-refractivity contribution is 0.281. The largest absolute Gasteiger partial charge is 0.494 e. The van der Waals surface area contributed by atoms with Crippen LogP contribution in [0.15, 0.2) is 36.7 Å². The van der Waals surface area contributed by atoms with E-state index in [1.807, 2.05) is 42.2 Å². The number of ether oxygens (including phenoxy) is 1. The van der Waals surface area contributed by atoms with Crippen molar-refractivity contribution in [2.75, 3.05) is 6.61 Å². The van der Waals surface area contributed by atoms with Gasteiger partial charge in [0.1, 0.15) is 11.6 Å². The lowest BCUT2D eigenvalue weighted by atomic mass is 10.1. The van der Waals surface area contributed by atoms with Crippen molar-refractivity contribution in [2.45, 2.75) is 32.2 Å². The van der Waals surface area contributed by atoms with Crippen LogP contribution in [0.4, 0.5) is 0 Å². The topological polar surface area (TPSA) is 65.1 Å². The van der Waals surface area contributed by atoms with Gasteiger partial charge in [-0.2, -0.15) is 0 Å². The van der Waals surface area contributed by atoms with Gasteiger partial charge in [-0.05, 0) is 37.5 Å². The third kappa shape index (κ3) is 4.88. The Morgan fingerprint density at radius 1 is 1.38 bits per heavy atom. The van der Waals surface area contributed by atoms with Gasteiger partial charge in [-0.1, -0.05) is 12.1 Å². The van der Waals surface area contributed by atoms with Crippen molar-refractivity contribution in [3.8, 4) is 5.75 Å². The van der Waals surface area contributed by atoms with Crippen LogP contribution in [0.25, 0.3) is 0 Å². The first-order valence-corrected chi connectivity index (χ1v) is 7.31. The molecule has 0 fully saturated rings. The molecule has 114 valence electrons. The molecule has 3 N–H and O–H groups in total. The van der Waals surface area contributed by atoms with Crippen LogP contribution >= 0.6 is 0 Å². The van der Waals surface area contributed by atoms with Gasteiger partial charge in [0.2, 0.25) is 0 Å². The van der Waals surface area contributed by atoms with Crippen LogP contribution in [-0.2, 0) is 13.5 Å². The summed E-state index contributed by atoms with van der Waals surface area (Å²) in [7, 11) is 2.01. The molecule has 1 heterocycles. The number of hydrazine groups is 1. The molecule has 1 aromatic carbocycles. The minimum absolute atomic E-state index is 0.228. The molecule has 0 aliphatic carbocycles. The summed E-state index contributed by atoms with van der Waals surface area (Å²) in [5.74, 6) is 7.61. The number of aromatic nitrogens is 2. The van der Waals surface area contributed by atoms with Gasteiger partial charge in [0, 0.05) is 31.9 Å². The number of benzene rings is 1. The van der Waals surface area contributed by atoms with Crippen molar-refractivity contribution in [3.05, 3.63) is 48.0 Å². The van der Waals surface area contributed by atoms with E-state index in [-0.39, 0.29) is 6.04 Å². The van der Waals surface area contributed by atoms with E-state index >= 15 is 0 Å². The van der Waals surface area contributed by atoms with Crippen molar-refractivity contribution < 1.29 is 4.74 Å². The van der Waals surface area contributed by atoms with Crippen LogP contribution in [0.1, 0.15) is 24.2 Å². The summed E-state index contributed by atoms with van der Waals surface area (Å²) >= 11 is 0. The zero-order chi connectivity index (χ0) is 15.1. The second-order valence-electron chi connectivity index (χ2n) is 5.31. The van der Waals surface area contributed by atoms with E-state index < -0.39 is 0 Å². The van der Waals surface area contributed by atoms with Gasteiger partial charge in [0.25, 0.3) is 0 Å². The monoisotopic (exact) mass is 288 g/mol. The predicted molar refractivity (Wildman–Crippen MR) is 83.9 cm³/mol. The minimum Gasteiger partial charge on any atom is -0.494 e. The van der Waals surface area contributed by atoms with Crippen molar-refractivity contribution in [2.24, 2.45) is 12.9 Å². The zero-order valence-electron chi connectivity index (χ0n) is 12.7. The molecular weight excluding hydrogens is 264 g/mol. The highest BCUT2D eigenvalue weighted by molar-refractivity contribution is 5.27. The molecule has 2 aromatic rings. The molecule has 0 saturated heterocycles. The number of rotatable bonds is 8. The molecule has 0 spiro atoms. The number of nitrogens with one attached hydrogen (secondary N) is 1. The van der Waals surface area contributed by atoms with Crippen molar-refractivity contribution in [1.82, 2.24) is 15.0 Å². The van der Waals surface area contributed by atoms with E-state index in [1.54, 1.807) is 0 Å². The Morgan fingerprint density at radius 3 is 2.90 bits per heavy atom. The van der Waals surface area contributed by atoms with Gasteiger partial charge in [-0.3, -0.25) is 11.3 Å². The second kappa shape index (κ2) is 7.81. The maximum absolute atomic E-state index is 5.76. The summed E-state index contributed by atoms with van der Waals surface area (Å²) in [5, 5.41) is 0. The van der Waals surface area contributed by atoms with E-state index in [2.05, 4.69) is 23.4 Å². The Bertz CT molecular complexity index is 553. The number of imidazole rings is 1. The Labute approximate surface area is 126 Å². The number of nitrogens with zero attached hydrogens (tertiary/aromatic N) is 2. The average molecular weight is 288 g/mol. The van der Waals surface area contributed by atoms with Crippen molar-refractivity contribution in [1.29, 1.82) is 0 Å². The smallest absolute Gasteiger partial charge is 0.119 e. The number of hydrogen-bond donors (Lipinski definition) is 2. The Balaban J connectivity index is 1.73. The fraction of sp³-hybridized carbons (Fsp3) is 0.438. The lowest BCUT2D eigenvalue weighted by Gasteiger charge is -2.16. The third-order valence-electron chi connectivity index (χ3n) is 3.60. The van der Waals surface area contributed by atoms with Crippen LogP contribution in [0, 0.1) is 6.92 Å². The van der Waals surface area contributed by atoms with Crippen LogP contribution in [0.2, 0.25) is 0 Å². The maximum atomic E-state index is 5.76. The van der Waals surface area contributed by atoms with Crippen molar-refractivity contribution in [3.63, 3.8) is 0 Å². The highest BCUT2D eigenvalue weighted by Gasteiger charge is 2.09. The molecule has 0 bridgehead atoms. The highest BCUT2D eigenvalue weighted by Crippen LogP contribution is 2.13. The molecule has 0 aliphatic rings. The van der Waals surface area contributed by atoms with Gasteiger partial charge in [-0.15, -0.1) is 0 Å². The van der Waals surface area contributed by atoms with E-state index in [4.69, 9.17) is 10.6 Å². The summed E-state index contributed by atoms with van der Waals surface area (Å²) in [6.07, 6.45) is 6.50. The van der Waals surface area contributed by atoms with E-state index in [0.29, 0.717) is 6.61 Å². The maximum Gasteiger partial charge on any atom is 0.119 e. The highest BCUT2D eigenvalue weighted by atomic mass is 16.5. The van der Waals surface area contributed by atoms with Gasteiger partial charge in [-0.25, -0.2) is 4.98 Å². The van der Waals surface area contributed by atoms with Crippen LogP contribution in [0.5, 0.6) is 5.75 Å². The molecule has 0 radical (unpaired) electrons. The van der Waals surface area contributed by atoms with Gasteiger partial charge in [0.15, 0.2) is 0 Å². The number of aryl methyl sites for hydroxylation is 3. The first-order chi connectivity index (χ1) is 10.2. The van der Waals surface area contributed by atoms with Crippen molar-refractivity contribution >= 4 is 0 Å². The predicted octanol–water partition coefficient (Wildman–Crippen LogP) is 1.96. The molecule has 1 atom stereocenters. The minimum atomic E-state index is 0.228. The molecular formula is C16H24N4O. The quantitative estimate of drug-likeness (QED) is 0.576. The van der Waals surface area contributed by atoms with Gasteiger partial charge >= 0.3 is 0 Å². The van der Waals surface area contributed by atoms with Crippen LogP contribution < -0.4 is 16.0 Å². The summed E-state index contributed by atoms with van der Waals surface area (Å²) < 4.78 is 7.80. The molecule has 2 rings (SSSR count). The normalized spacial score (nSPS) is 12.3. The first kappa shape index (κ1) is 15.5. The summed E-state index contributed by atoms with van der Waals surface area (Å²) in [6.45, 7) is 2.71. The molecule has 0 amide bonds. The Morgan fingerprint density at radius 2 is 2.24 bits per heavy atom. The molecule has 5 heteroatoms. The van der Waals surface area contributed by atoms with Gasteiger partial charge in [0.05, 0.1) is 6.61 Å². The molecule has 1 unspecified atom stereocenters. The lowest BCUT2D eigenvalue weighted by Crippen LogP contribution is -2.36. The standard InChI is InChI=1S/C16H24N4O/c1-13-4-3-5-15(12-13)21-11-8-14(19-17)6-7-16-18-9-10-20(16)2/h3-5,9-10,12,14,19H,6-8,11,17H2,1-2H3. The molecule has 21 heavy (non-hydrogen) atoms. The molecule has 0 aliphatic heterocycles. The molecule has 1 aromatic heterocycles. The Kier molecular flexibility index (Phi) is 5.78. The number of hydrogen-bond acceptors (Lipinski definition) is 4. The summed E-state index contributed by atoms with van der Waals surface area (Å²) in [4.78, 5) is 4.32. The SMILES string of the molecule is Cc1cccc(OCCC(CCc2nccn2C)NN)c1. The third-order valence-corrected chi connectivity index (χ3v) is 3.60. The van der Waals surface area contributed by atoms with E-state index in [0.717, 1.165) is 30.8 Å². The van der Waals surface area contributed by atoms with Crippen LogP contribution in [-0.4, -0.2) is 22.2 Å². The number of nitrogens with two attached hydrogens (primary N) is 1. The first-order valence-electron chi connectivity index (χ1n) is 7.31. The summed E-state index contributed by atoms with van der Waals surface area (Å²) in [6, 6.07) is 8.31. The average Bonchev–Trinajstić information content (AvgIpc) is 2.88. The van der Waals surface area contributed by atoms with Crippen LogP contribution in [0.3, 0.4) is 0 Å². The van der Waals surface area contributed by atoms with Gasteiger partial charge < -0.3 is 9.30 Å². The molecule has 0 saturated carbocycles. The zero-order valence-corrected chi connectivity index (χ0v) is 12.7. The molecule has 5 nitrogen and oxygen atoms in total. The fourth-order valence-corrected chi connectivity index (χ4v) is 2.28. The summed E-state index contributed by atoms with van der Waals surface area (Å²) in [5.41, 5.74) is 4.07. The fourth-order valence-electron chi connectivity index (χ4n) is 2.28. The second-order valence-corrected chi connectivity index (χ2v) is 5.31. The van der Waals surface area contributed by atoms with E-state index in [1.165, 1.54) is 5.56 Å². The Hall–Kier alpha value is -1.85.